The zero-order valence-corrected chi connectivity index (χ0v) is 20.0. The number of carbonyl (C=O) groups excluding carboxylic acids is 1. The highest BCUT2D eigenvalue weighted by molar-refractivity contribution is 7.92. The van der Waals surface area contributed by atoms with Gasteiger partial charge in [0.15, 0.2) is 11.5 Å². The summed E-state index contributed by atoms with van der Waals surface area (Å²) in [5.74, 6) is 1.15. The molecule has 0 aromatic heterocycles. The predicted octanol–water partition coefficient (Wildman–Crippen LogP) is 3.96. The summed E-state index contributed by atoms with van der Waals surface area (Å²) in [7, 11) is -3.95. The molecule has 3 aromatic rings. The summed E-state index contributed by atoms with van der Waals surface area (Å²) in [6, 6.07) is 22.7. The molecule has 0 spiro atoms. The smallest absolute Gasteiger partial charge is 0.264 e. The number of ether oxygens (including phenoxy) is 2. The fourth-order valence-corrected chi connectivity index (χ4v) is 5.08. The molecule has 0 bridgehead atoms. The van der Waals surface area contributed by atoms with Crippen LogP contribution in [0.1, 0.15) is 25.3 Å². The third kappa shape index (κ3) is 5.34. The van der Waals surface area contributed by atoms with E-state index in [1.165, 1.54) is 12.1 Å². The van der Waals surface area contributed by atoms with Crippen molar-refractivity contribution in [2.75, 3.05) is 24.0 Å². The Morgan fingerprint density at radius 3 is 2.29 bits per heavy atom. The van der Waals surface area contributed by atoms with Crippen molar-refractivity contribution in [3.63, 3.8) is 0 Å². The topological polar surface area (TPSA) is 84.9 Å². The number of anilines is 1. The highest BCUT2D eigenvalue weighted by Gasteiger charge is 2.28. The van der Waals surface area contributed by atoms with Crippen molar-refractivity contribution >= 4 is 21.6 Å². The number of hydrogen-bond donors (Lipinski definition) is 1. The van der Waals surface area contributed by atoms with Gasteiger partial charge in [0.1, 0.15) is 19.3 Å². The van der Waals surface area contributed by atoms with Gasteiger partial charge in [0.05, 0.1) is 17.1 Å². The van der Waals surface area contributed by atoms with Crippen LogP contribution in [0.3, 0.4) is 0 Å². The lowest BCUT2D eigenvalue weighted by Crippen LogP contribution is -2.45. The number of para-hydroxylation sites is 2. The van der Waals surface area contributed by atoms with Gasteiger partial charge in [-0.2, -0.15) is 0 Å². The Kier molecular flexibility index (Phi) is 7.07. The van der Waals surface area contributed by atoms with E-state index >= 15 is 0 Å². The van der Waals surface area contributed by atoms with Crippen LogP contribution >= 0.6 is 0 Å². The lowest BCUT2D eigenvalue weighted by atomic mass is 10.0. The second kappa shape index (κ2) is 10.2. The van der Waals surface area contributed by atoms with Gasteiger partial charge in [0, 0.05) is 0 Å². The number of sulfonamides is 1. The third-order valence-electron chi connectivity index (χ3n) is 5.56. The van der Waals surface area contributed by atoms with E-state index in [0.717, 1.165) is 9.87 Å². The first-order valence-corrected chi connectivity index (χ1v) is 12.6. The number of hydrogen-bond acceptors (Lipinski definition) is 5. The molecular weight excluding hydrogens is 452 g/mol. The molecule has 1 aliphatic rings. The van der Waals surface area contributed by atoms with Gasteiger partial charge in [-0.3, -0.25) is 9.10 Å². The molecule has 1 aliphatic heterocycles. The van der Waals surface area contributed by atoms with E-state index in [-0.39, 0.29) is 24.1 Å². The summed E-state index contributed by atoms with van der Waals surface area (Å²) in [5.41, 5.74) is 1.51. The van der Waals surface area contributed by atoms with Gasteiger partial charge in [-0.15, -0.1) is 0 Å². The molecule has 1 N–H and O–H groups in total. The molecule has 1 atom stereocenters. The maximum absolute atomic E-state index is 13.4. The van der Waals surface area contributed by atoms with Gasteiger partial charge in [-0.25, -0.2) is 8.42 Å². The van der Waals surface area contributed by atoms with Crippen LogP contribution in [-0.2, 0) is 14.8 Å². The van der Waals surface area contributed by atoms with E-state index in [9.17, 15) is 13.2 Å². The first-order valence-electron chi connectivity index (χ1n) is 11.2. The molecule has 0 saturated carbocycles. The largest absolute Gasteiger partial charge is 0.486 e. The zero-order valence-electron chi connectivity index (χ0n) is 19.2. The molecule has 0 fully saturated rings. The summed E-state index contributed by atoms with van der Waals surface area (Å²) in [6.45, 7) is 4.26. The quantitative estimate of drug-likeness (QED) is 0.528. The maximum atomic E-state index is 13.4. The van der Waals surface area contributed by atoms with Gasteiger partial charge in [0.2, 0.25) is 5.91 Å². The monoisotopic (exact) mass is 480 g/mol. The van der Waals surface area contributed by atoms with Crippen molar-refractivity contribution in [3.05, 3.63) is 84.4 Å². The van der Waals surface area contributed by atoms with Gasteiger partial charge in [0.25, 0.3) is 10.0 Å². The van der Waals surface area contributed by atoms with Crippen molar-refractivity contribution in [3.8, 4) is 11.5 Å². The highest BCUT2D eigenvalue weighted by Crippen LogP contribution is 2.30. The lowest BCUT2D eigenvalue weighted by molar-refractivity contribution is -0.120. The average molecular weight is 481 g/mol. The van der Waals surface area contributed by atoms with E-state index in [1.807, 2.05) is 30.3 Å². The minimum Gasteiger partial charge on any atom is -0.486 e. The Labute approximate surface area is 200 Å². The standard InChI is InChI=1S/C26H28N2O5S/c1-19(2)20-12-14-21(15-13-20)28(34(30,31)23-8-4-3-5-9-23)17-26(29)27-16-22-18-32-24-10-6-7-11-25(24)33-22/h3-15,19,22H,16-18H2,1-2H3,(H,27,29). The van der Waals surface area contributed by atoms with Crippen LogP contribution < -0.4 is 19.1 Å². The van der Waals surface area contributed by atoms with Crippen LogP contribution in [0.15, 0.2) is 83.8 Å². The Balaban J connectivity index is 1.49. The number of rotatable bonds is 8. The Hall–Kier alpha value is -3.52. The predicted molar refractivity (Wildman–Crippen MR) is 131 cm³/mol. The van der Waals surface area contributed by atoms with Crippen LogP contribution in [0.5, 0.6) is 11.5 Å². The molecule has 1 unspecified atom stereocenters. The van der Waals surface area contributed by atoms with Gasteiger partial charge in [-0.05, 0) is 47.9 Å². The number of fused-ring (bicyclic) bond motifs is 1. The molecule has 0 aliphatic carbocycles. The Morgan fingerprint density at radius 2 is 1.62 bits per heavy atom. The molecule has 34 heavy (non-hydrogen) atoms. The number of amides is 1. The van der Waals surface area contributed by atoms with Crippen LogP contribution in [0.4, 0.5) is 5.69 Å². The lowest BCUT2D eigenvalue weighted by Gasteiger charge is -2.27. The second-order valence-corrected chi connectivity index (χ2v) is 10.2. The normalized spacial score (nSPS) is 15.1. The van der Waals surface area contributed by atoms with Gasteiger partial charge in [-0.1, -0.05) is 56.3 Å². The van der Waals surface area contributed by atoms with Crippen molar-refractivity contribution in [2.24, 2.45) is 0 Å². The van der Waals surface area contributed by atoms with E-state index in [1.54, 1.807) is 36.4 Å². The average Bonchev–Trinajstić information content (AvgIpc) is 2.86. The molecule has 0 radical (unpaired) electrons. The fraction of sp³-hybridized carbons (Fsp3) is 0.269. The van der Waals surface area contributed by atoms with Crippen molar-refractivity contribution < 1.29 is 22.7 Å². The molecule has 178 valence electrons. The summed E-state index contributed by atoms with van der Waals surface area (Å²) < 4.78 is 39.5. The Morgan fingerprint density at radius 1 is 0.971 bits per heavy atom. The van der Waals surface area contributed by atoms with E-state index in [4.69, 9.17) is 9.47 Å². The van der Waals surface area contributed by atoms with Crippen molar-refractivity contribution in [2.45, 2.75) is 30.8 Å². The number of benzene rings is 3. The molecule has 7 nitrogen and oxygen atoms in total. The number of nitrogens with one attached hydrogen (secondary N) is 1. The van der Waals surface area contributed by atoms with Crippen LogP contribution in [0, 0.1) is 0 Å². The molecule has 0 saturated heterocycles. The minimum atomic E-state index is -3.95. The second-order valence-electron chi connectivity index (χ2n) is 8.37. The first kappa shape index (κ1) is 23.6. The summed E-state index contributed by atoms with van der Waals surface area (Å²) >= 11 is 0. The van der Waals surface area contributed by atoms with E-state index in [2.05, 4.69) is 19.2 Å². The van der Waals surface area contributed by atoms with Gasteiger partial charge >= 0.3 is 0 Å². The number of nitrogens with zero attached hydrogens (tertiary/aromatic N) is 1. The molecule has 1 amide bonds. The summed E-state index contributed by atoms with van der Waals surface area (Å²) in [5, 5.41) is 2.79. The molecule has 1 heterocycles. The van der Waals surface area contributed by atoms with Crippen LogP contribution in [0.25, 0.3) is 0 Å². The van der Waals surface area contributed by atoms with Crippen LogP contribution in [-0.4, -0.2) is 40.1 Å². The maximum Gasteiger partial charge on any atom is 0.264 e. The minimum absolute atomic E-state index is 0.122. The number of carbonyl (C=O) groups is 1. The Bertz CT molecular complexity index is 1230. The SMILES string of the molecule is CC(C)c1ccc(N(CC(=O)NCC2COc3ccccc3O2)S(=O)(=O)c2ccccc2)cc1. The van der Waals surface area contributed by atoms with E-state index < -0.39 is 15.9 Å². The molecule has 3 aromatic carbocycles. The molecular formula is C26H28N2O5S. The third-order valence-corrected chi connectivity index (χ3v) is 7.35. The first-order chi connectivity index (χ1) is 16.3. The van der Waals surface area contributed by atoms with E-state index in [0.29, 0.717) is 29.7 Å². The van der Waals surface area contributed by atoms with Crippen molar-refractivity contribution in [1.29, 1.82) is 0 Å². The highest BCUT2D eigenvalue weighted by atomic mass is 32.2. The molecule has 8 heteroatoms. The van der Waals surface area contributed by atoms with Crippen LogP contribution in [0.2, 0.25) is 0 Å². The van der Waals surface area contributed by atoms with Crippen molar-refractivity contribution in [1.82, 2.24) is 5.32 Å². The van der Waals surface area contributed by atoms with Gasteiger partial charge < -0.3 is 14.8 Å². The summed E-state index contributed by atoms with van der Waals surface area (Å²) in [4.78, 5) is 13.0. The fourth-order valence-electron chi connectivity index (χ4n) is 3.64. The zero-order chi connectivity index (χ0) is 24.1. The summed E-state index contributed by atoms with van der Waals surface area (Å²) in [6.07, 6.45) is -0.372. The molecule has 4 rings (SSSR count).